The number of nitrogens with zero attached hydrogens (tertiary/aromatic N) is 2. The fourth-order valence-electron chi connectivity index (χ4n) is 4.09. The van der Waals surface area contributed by atoms with Gasteiger partial charge in [0.2, 0.25) is 11.8 Å². The summed E-state index contributed by atoms with van der Waals surface area (Å²) in [4.78, 5) is 28.5. The van der Waals surface area contributed by atoms with Crippen LogP contribution in [0.15, 0.2) is 83.8 Å². The van der Waals surface area contributed by atoms with Gasteiger partial charge in [-0.05, 0) is 61.2 Å². The quantitative estimate of drug-likeness (QED) is 0.345. The van der Waals surface area contributed by atoms with Gasteiger partial charge in [-0.25, -0.2) is 12.8 Å². The average Bonchev–Trinajstić information content (AvgIpc) is 2.92. The van der Waals surface area contributed by atoms with Crippen LogP contribution in [0.1, 0.15) is 38.3 Å². The summed E-state index contributed by atoms with van der Waals surface area (Å²) in [6, 6.07) is 19.6. The van der Waals surface area contributed by atoms with E-state index in [9.17, 15) is 22.4 Å². The Morgan fingerprint density at radius 2 is 1.54 bits per heavy atom. The molecule has 2 amide bonds. The number of para-hydroxylation sites is 1. The van der Waals surface area contributed by atoms with E-state index in [0.29, 0.717) is 24.2 Å². The molecule has 0 aromatic heterocycles. The van der Waals surface area contributed by atoms with E-state index in [1.807, 2.05) is 20.8 Å². The minimum absolute atomic E-state index is 0.0138. The lowest BCUT2D eigenvalue weighted by atomic mass is 10.1. The molecule has 1 atom stereocenters. The van der Waals surface area contributed by atoms with Crippen LogP contribution < -0.4 is 9.62 Å². The highest BCUT2D eigenvalue weighted by atomic mass is 32.2. The van der Waals surface area contributed by atoms with Crippen LogP contribution >= 0.6 is 0 Å². The number of rotatable bonds is 12. The number of amides is 2. The molecular formula is C30H36FN3O4S. The summed E-state index contributed by atoms with van der Waals surface area (Å²) in [5.74, 6) is -1.08. The van der Waals surface area contributed by atoms with Crippen molar-refractivity contribution >= 4 is 27.5 Å². The fourth-order valence-corrected chi connectivity index (χ4v) is 5.50. The Morgan fingerprint density at radius 3 is 2.10 bits per heavy atom. The molecule has 39 heavy (non-hydrogen) atoms. The lowest BCUT2D eigenvalue weighted by Crippen LogP contribution is -2.52. The molecule has 3 aromatic rings. The van der Waals surface area contributed by atoms with Crippen LogP contribution in [0.2, 0.25) is 0 Å². The summed E-state index contributed by atoms with van der Waals surface area (Å²) in [6.07, 6.45) is 0.312. The van der Waals surface area contributed by atoms with Gasteiger partial charge in [-0.15, -0.1) is 0 Å². The molecule has 0 radical (unpaired) electrons. The molecule has 1 N–H and O–H groups in total. The number of anilines is 1. The van der Waals surface area contributed by atoms with E-state index >= 15 is 0 Å². The fraction of sp³-hybridized carbons (Fsp3) is 0.333. The Hall–Kier alpha value is -3.72. The number of hydrogen-bond donors (Lipinski definition) is 1. The van der Waals surface area contributed by atoms with Gasteiger partial charge in [0.1, 0.15) is 18.4 Å². The van der Waals surface area contributed by atoms with Gasteiger partial charge in [-0.2, -0.15) is 0 Å². The summed E-state index contributed by atoms with van der Waals surface area (Å²) >= 11 is 0. The zero-order chi connectivity index (χ0) is 28.6. The molecule has 0 saturated heterocycles. The molecule has 0 aliphatic carbocycles. The maximum Gasteiger partial charge on any atom is 0.264 e. The van der Waals surface area contributed by atoms with Crippen LogP contribution in [0.25, 0.3) is 0 Å². The third-order valence-electron chi connectivity index (χ3n) is 6.27. The number of aryl methyl sites for hydroxylation is 1. The summed E-state index contributed by atoms with van der Waals surface area (Å²) in [7, 11) is -4.12. The van der Waals surface area contributed by atoms with E-state index in [1.165, 1.54) is 29.2 Å². The molecule has 3 aromatic carbocycles. The van der Waals surface area contributed by atoms with Crippen LogP contribution in [-0.2, 0) is 26.2 Å². The van der Waals surface area contributed by atoms with Crippen molar-refractivity contribution in [2.45, 2.75) is 51.6 Å². The molecular weight excluding hydrogens is 517 g/mol. The third kappa shape index (κ3) is 7.89. The van der Waals surface area contributed by atoms with Crippen LogP contribution in [-0.4, -0.2) is 44.3 Å². The molecule has 0 spiro atoms. The van der Waals surface area contributed by atoms with Crippen LogP contribution in [0.5, 0.6) is 0 Å². The molecule has 3 rings (SSSR count). The summed E-state index contributed by atoms with van der Waals surface area (Å²) < 4.78 is 42.2. The number of hydrogen-bond acceptors (Lipinski definition) is 4. The van der Waals surface area contributed by atoms with Crippen molar-refractivity contribution in [2.24, 2.45) is 5.92 Å². The highest BCUT2D eigenvalue weighted by Crippen LogP contribution is 2.25. The predicted molar refractivity (Wildman–Crippen MR) is 151 cm³/mol. The second-order valence-corrected chi connectivity index (χ2v) is 11.7. The molecule has 7 nitrogen and oxygen atoms in total. The largest absolute Gasteiger partial charge is 0.354 e. The highest BCUT2D eigenvalue weighted by molar-refractivity contribution is 7.92. The normalized spacial score (nSPS) is 12.2. The standard InChI is InChI=1S/C30H36FN3O4S/c1-5-28(30(36)32-19-22(2)3)33(20-24-13-15-25(31)16-14-24)29(35)21-34(26-9-7-6-8-10-26)39(37,38)27-17-11-23(4)12-18-27/h6-18,22,28H,5,19-21H2,1-4H3,(H,32,36)/t28-/m1/s1. The smallest absolute Gasteiger partial charge is 0.264 e. The van der Waals surface area contributed by atoms with Gasteiger partial charge >= 0.3 is 0 Å². The monoisotopic (exact) mass is 553 g/mol. The van der Waals surface area contributed by atoms with E-state index in [2.05, 4.69) is 5.32 Å². The Labute approximate surface area is 230 Å². The number of nitrogens with one attached hydrogen (secondary N) is 1. The minimum Gasteiger partial charge on any atom is -0.354 e. The van der Waals surface area contributed by atoms with E-state index < -0.39 is 34.3 Å². The first-order valence-electron chi connectivity index (χ1n) is 13.0. The molecule has 0 heterocycles. The van der Waals surface area contributed by atoms with Gasteiger partial charge < -0.3 is 10.2 Å². The van der Waals surface area contributed by atoms with E-state index in [0.717, 1.165) is 9.87 Å². The second-order valence-electron chi connectivity index (χ2n) is 9.87. The molecule has 208 valence electrons. The number of carbonyl (C=O) groups is 2. The van der Waals surface area contributed by atoms with Gasteiger partial charge in [0.25, 0.3) is 10.0 Å². The van der Waals surface area contributed by atoms with Crippen LogP contribution in [0, 0.1) is 18.7 Å². The molecule has 0 unspecified atom stereocenters. The Bertz CT molecular complexity index is 1350. The Balaban J connectivity index is 2.01. The van der Waals surface area contributed by atoms with Crippen molar-refractivity contribution in [3.8, 4) is 0 Å². The summed E-state index contributed by atoms with van der Waals surface area (Å²) in [6.45, 7) is 7.52. The van der Waals surface area contributed by atoms with Gasteiger partial charge in [-0.3, -0.25) is 13.9 Å². The lowest BCUT2D eigenvalue weighted by Gasteiger charge is -2.33. The second kappa shape index (κ2) is 13.4. The van der Waals surface area contributed by atoms with Crippen LogP contribution in [0.4, 0.5) is 10.1 Å². The number of halogens is 1. The van der Waals surface area contributed by atoms with E-state index in [-0.39, 0.29) is 23.3 Å². The molecule has 9 heteroatoms. The van der Waals surface area contributed by atoms with Crippen molar-refractivity contribution < 1.29 is 22.4 Å². The number of sulfonamides is 1. The minimum atomic E-state index is -4.12. The van der Waals surface area contributed by atoms with Gasteiger partial charge in [0, 0.05) is 13.1 Å². The maximum atomic E-state index is 13.9. The van der Waals surface area contributed by atoms with Gasteiger partial charge in [0.15, 0.2) is 0 Å². The summed E-state index contributed by atoms with van der Waals surface area (Å²) in [5, 5.41) is 2.89. The van der Waals surface area contributed by atoms with Crippen molar-refractivity contribution in [1.82, 2.24) is 10.2 Å². The average molecular weight is 554 g/mol. The Kier molecular flexibility index (Phi) is 10.2. The first kappa shape index (κ1) is 29.8. The third-order valence-corrected chi connectivity index (χ3v) is 8.06. The van der Waals surface area contributed by atoms with Crippen LogP contribution in [0.3, 0.4) is 0 Å². The molecule has 0 bridgehead atoms. The van der Waals surface area contributed by atoms with Gasteiger partial charge in [0.05, 0.1) is 10.6 Å². The highest BCUT2D eigenvalue weighted by Gasteiger charge is 2.33. The maximum absolute atomic E-state index is 13.9. The molecule has 0 fully saturated rings. The van der Waals surface area contributed by atoms with Crippen molar-refractivity contribution in [3.05, 3.63) is 95.8 Å². The Morgan fingerprint density at radius 1 is 0.923 bits per heavy atom. The lowest BCUT2D eigenvalue weighted by molar-refractivity contribution is -0.140. The van der Waals surface area contributed by atoms with E-state index in [1.54, 1.807) is 61.5 Å². The first-order valence-corrected chi connectivity index (χ1v) is 14.4. The topological polar surface area (TPSA) is 86.8 Å². The first-order chi connectivity index (χ1) is 18.5. The van der Waals surface area contributed by atoms with E-state index in [4.69, 9.17) is 0 Å². The molecule has 0 aliphatic heterocycles. The molecule has 0 saturated carbocycles. The van der Waals surface area contributed by atoms with Crippen molar-refractivity contribution in [3.63, 3.8) is 0 Å². The number of benzene rings is 3. The predicted octanol–water partition coefficient (Wildman–Crippen LogP) is 4.91. The SMILES string of the molecule is CC[C@H](C(=O)NCC(C)C)N(Cc1ccc(F)cc1)C(=O)CN(c1ccccc1)S(=O)(=O)c1ccc(C)cc1. The zero-order valence-corrected chi connectivity index (χ0v) is 23.6. The number of carbonyl (C=O) groups excluding carboxylic acids is 2. The van der Waals surface area contributed by atoms with Crippen molar-refractivity contribution in [1.29, 1.82) is 0 Å². The van der Waals surface area contributed by atoms with Crippen molar-refractivity contribution in [2.75, 3.05) is 17.4 Å². The molecule has 0 aliphatic rings. The summed E-state index contributed by atoms with van der Waals surface area (Å²) in [5.41, 5.74) is 1.85. The van der Waals surface area contributed by atoms with Gasteiger partial charge in [-0.1, -0.05) is 68.8 Å². The zero-order valence-electron chi connectivity index (χ0n) is 22.8.